The Morgan fingerprint density at radius 1 is 1.43 bits per heavy atom. The second-order valence-corrected chi connectivity index (χ2v) is 5.41. The third kappa shape index (κ3) is 5.80. The highest BCUT2D eigenvalue weighted by Gasteiger charge is 2.16. The van der Waals surface area contributed by atoms with Crippen molar-refractivity contribution in [1.29, 1.82) is 0 Å². The van der Waals surface area contributed by atoms with E-state index in [1.807, 2.05) is 6.07 Å². The van der Waals surface area contributed by atoms with E-state index < -0.39 is 0 Å². The number of nitrogens with one attached hydrogen (secondary N) is 1. The SMILES string of the molecule is Cc1ccc(NC(N)=NCC2CN(C)CCO2)cc1C.I. The lowest BCUT2D eigenvalue weighted by Gasteiger charge is -2.29. The van der Waals surface area contributed by atoms with Gasteiger partial charge in [-0.15, -0.1) is 24.0 Å². The van der Waals surface area contributed by atoms with Crippen LogP contribution >= 0.6 is 24.0 Å². The highest BCUT2D eigenvalue weighted by Crippen LogP contribution is 2.13. The number of morpholine rings is 1. The fourth-order valence-electron chi connectivity index (χ4n) is 2.18. The first kappa shape index (κ1) is 18.2. The summed E-state index contributed by atoms with van der Waals surface area (Å²) in [6.45, 7) is 7.42. The van der Waals surface area contributed by atoms with Crippen molar-refractivity contribution in [3.63, 3.8) is 0 Å². The Kier molecular flexibility index (Phi) is 7.41. The molecule has 3 N–H and O–H groups in total. The number of nitrogens with two attached hydrogens (primary N) is 1. The fraction of sp³-hybridized carbons (Fsp3) is 0.533. The zero-order valence-electron chi connectivity index (χ0n) is 12.9. The molecule has 1 saturated heterocycles. The fourth-order valence-corrected chi connectivity index (χ4v) is 2.18. The van der Waals surface area contributed by atoms with Crippen molar-refractivity contribution in [2.75, 3.05) is 38.6 Å². The van der Waals surface area contributed by atoms with Crippen molar-refractivity contribution in [1.82, 2.24) is 4.90 Å². The van der Waals surface area contributed by atoms with Crippen molar-refractivity contribution in [2.24, 2.45) is 10.7 Å². The van der Waals surface area contributed by atoms with Crippen LogP contribution in [0.5, 0.6) is 0 Å². The predicted octanol–water partition coefficient (Wildman–Crippen LogP) is 1.98. The minimum atomic E-state index is 0. The molecule has 1 atom stereocenters. The molecule has 1 aromatic rings. The van der Waals surface area contributed by atoms with Gasteiger partial charge >= 0.3 is 0 Å². The lowest BCUT2D eigenvalue weighted by Crippen LogP contribution is -2.41. The number of rotatable bonds is 3. The lowest BCUT2D eigenvalue weighted by atomic mass is 10.1. The molecule has 0 amide bonds. The Labute approximate surface area is 144 Å². The quantitative estimate of drug-likeness (QED) is 0.460. The predicted molar refractivity (Wildman–Crippen MR) is 98.7 cm³/mol. The van der Waals surface area contributed by atoms with E-state index >= 15 is 0 Å². The minimum Gasteiger partial charge on any atom is -0.374 e. The summed E-state index contributed by atoms with van der Waals surface area (Å²) < 4.78 is 5.65. The highest BCUT2D eigenvalue weighted by atomic mass is 127. The summed E-state index contributed by atoms with van der Waals surface area (Å²) in [6.07, 6.45) is 0.133. The first-order valence-corrected chi connectivity index (χ1v) is 6.99. The first-order chi connectivity index (χ1) is 9.54. The second-order valence-electron chi connectivity index (χ2n) is 5.41. The van der Waals surface area contributed by atoms with Gasteiger partial charge in [0.2, 0.25) is 0 Å². The van der Waals surface area contributed by atoms with E-state index in [1.165, 1.54) is 11.1 Å². The maximum absolute atomic E-state index is 5.92. The lowest BCUT2D eigenvalue weighted by molar-refractivity contribution is -0.0136. The molecule has 0 aliphatic carbocycles. The van der Waals surface area contributed by atoms with E-state index in [0.29, 0.717) is 12.5 Å². The number of anilines is 1. The third-order valence-electron chi connectivity index (χ3n) is 3.59. The number of guanidine groups is 1. The molecule has 0 bridgehead atoms. The van der Waals surface area contributed by atoms with Gasteiger partial charge in [0.05, 0.1) is 19.3 Å². The molecule has 1 aromatic carbocycles. The van der Waals surface area contributed by atoms with Crippen molar-refractivity contribution >= 4 is 35.6 Å². The number of aliphatic imine (C=N–C) groups is 1. The van der Waals surface area contributed by atoms with Crippen LogP contribution in [0.15, 0.2) is 23.2 Å². The summed E-state index contributed by atoms with van der Waals surface area (Å²) in [6, 6.07) is 6.16. The van der Waals surface area contributed by atoms with Crippen LogP contribution in [-0.4, -0.2) is 50.3 Å². The molecule has 1 unspecified atom stereocenters. The molecular weight excluding hydrogens is 379 g/mol. The van der Waals surface area contributed by atoms with Crippen molar-refractivity contribution < 1.29 is 4.74 Å². The van der Waals surface area contributed by atoms with Crippen LogP contribution in [0.25, 0.3) is 0 Å². The molecule has 0 aromatic heterocycles. The van der Waals surface area contributed by atoms with Gasteiger partial charge in [0.1, 0.15) is 0 Å². The third-order valence-corrected chi connectivity index (χ3v) is 3.59. The summed E-state index contributed by atoms with van der Waals surface area (Å²) in [5.74, 6) is 0.435. The Morgan fingerprint density at radius 2 is 2.19 bits per heavy atom. The monoisotopic (exact) mass is 404 g/mol. The zero-order valence-corrected chi connectivity index (χ0v) is 15.3. The van der Waals surface area contributed by atoms with Gasteiger partial charge in [-0.3, -0.25) is 4.99 Å². The van der Waals surface area contributed by atoms with Gasteiger partial charge in [-0.25, -0.2) is 0 Å². The molecule has 118 valence electrons. The van der Waals surface area contributed by atoms with Crippen molar-refractivity contribution in [3.8, 4) is 0 Å². The number of nitrogens with zero attached hydrogens (tertiary/aromatic N) is 2. The molecule has 0 radical (unpaired) electrons. The molecule has 1 fully saturated rings. The molecule has 1 aliphatic rings. The van der Waals surface area contributed by atoms with Gasteiger partial charge in [0.25, 0.3) is 0 Å². The molecular formula is C15H25IN4O. The Morgan fingerprint density at radius 3 is 2.86 bits per heavy atom. The summed E-state index contributed by atoms with van der Waals surface area (Å²) in [7, 11) is 2.09. The van der Waals surface area contributed by atoms with E-state index in [4.69, 9.17) is 10.5 Å². The topological polar surface area (TPSA) is 62.9 Å². The summed E-state index contributed by atoms with van der Waals surface area (Å²) in [5.41, 5.74) is 9.39. The molecule has 1 heterocycles. The van der Waals surface area contributed by atoms with Crippen LogP contribution in [0.1, 0.15) is 11.1 Å². The average Bonchev–Trinajstić information content (AvgIpc) is 2.41. The van der Waals surface area contributed by atoms with Crippen LogP contribution in [0.3, 0.4) is 0 Å². The highest BCUT2D eigenvalue weighted by molar-refractivity contribution is 14.0. The standard InChI is InChI=1S/C15H24N4O.HI/c1-11-4-5-13(8-12(11)2)18-15(16)17-9-14-10-19(3)6-7-20-14;/h4-5,8,14H,6-7,9-10H2,1-3H3,(H3,16,17,18);1H. The van der Waals surface area contributed by atoms with E-state index in [9.17, 15) is 0 Å². The van der Waals surface area contributed by atoms with Gasteiger partial charge < -0.3 is 20.7 Å². The largest absolute Gasteiger partial charge is 0.374 e. The number of ether oxygens (including phenoxy) is 1. The van der Waals surface area contributed by atoms with Gasteiger partial charge in [0.15, 0.2) is 5.96 Å². The Balaban J connectivity index is 0.00000220. The van der Waals surface area contributed by atoms with Crippen LogP contribution in [-0.2, 0) is 4.74 Å². The van der Waals surface area contributed by atoms with Gasteiger partial charge in [-0.2, -0.15) is 0 Å². The Hall–Kier alpha value is -0.860. The smallest absolute Gasteiger partial charge is 0.193 e. The van der Waals surface area contributed by atoms with E-state index in [-0.39, 0.29) is 30.1 Å². The van der Waals surface area contributed by atoms with E-state index in [1.54, 1.807) is 0 Å². The van der Waals surface area contributed by atoms with Crippen LogP contribution in [0.4, 0.5) is 5.69 Å². The Bertz CT molecular complexity index is 493. The molecule has 0 spiro atoms. The van der Waals surface area contributed by atoms with Crippen LogP contribution in [0, 0.1) is 13.8 Å². The van der Waals surface area contributed by atoms with Crippen molar-refractivity contribution in [3.05, 3.63) is 29.3 Å². The molecule has 1 aliphatic heterocycles. The number of likely N-dealkylation sites (N-methyl/N-ethyl adjacent to an activating group) is 1. The molecule has 21 heavy (non-hydrogen) atoms. The molecule has 6 heteroatoms. The van der Waals surface area contributed by atoms with Crippen molar-refractivity contribution in [2.45, 2.75) is 20.0 Å². The maximum atomic E-state index is 5.92. The summed E-state index contributed by atoms with van der Waals surface area (Å²) in [4.78, 5) is 6.61. The van der Waals surface area contributed by atoms with Crippen LogP contribution in [0.2, 0.25) is 0 Å². The maximum Gasteiger partial charge on any atom is 0.193 e. The normalized spacial score (nSPS) is 20.0. The molecule has 5 nitrogen and oxygen atoms in total. The van der Waals surface area contributed by atoms with Gasteiger partial charge in [0, 0.05) is 18.8 Å². The van der Waals surface area contributed by atoms with E-state index in [0.717, 1.165) is 25.4 Å². The minimum absolute atomic E-state index is 0. The van der Waals surface area contributed by atoms with Crippen LogP contribution < -0.4 is 11.1 Å². The number of aryl methyl sites for hydroxylation is 2. The first-order valence-electron chi connectivity index (χ1n) is 6.99. The number of hydrogen-bond acceptors (Lipinski definition) is 3. The van der Waals surface area contributed by atoms with E-state index in [2.05, 4.69) is 48.2 Å². The molecule has 2 rings (SSSR count). The van der Waals surface area contributed by atoms with Gasteiger partial charge in [-0.05, 0) is 44.2 Å². The number of benzene rings is 1. The zero-order chi connectivity index (χ0) is 14.5. The number of hydrogen-bond donors (Lipinski definition) is 2. The average molecular weight is 404 g/mol. The summed E-state index contributed by atoms with van der Waals surface area (Å²) in [5, 5.41) is 3.12. The van der Waals surface area contributed by atoms with Gasteiger partial charge in [-0.1, -0.05) is 6.07 Å². The summed E-state index contributed by atoms with van der Waals surface area (Å²) >= 11 is 0. The number of halogens is 1. The molecule has 0 saturated carbocycles. The second kappa shape index (κ2) is 8.55.